The molecule has 3 rings (SSSR count). The largest absolute Gasteiger partial charge is 0.508 e. The molecule has 6 nitrogen and oxygen atoms in total. The molecule has 2 heterocycles. The number of hydrogen-bond acceptors (Lipinski definition) is 5. The SMILES string of the molecule is Nc1ncnc2c1ncn2-c1cccc(O)c1. The number of hydrogen-bond donors (Lipinski definition) is 2. The van der Waals surface area contributed by atoms with Crippen LogP contribution in [-0.4, -0.2) is 24.6 Å². The monoisotopic (exact) mass is 227 g/mol. The molecule has 17 heavy (non-hydrogen) atoms. The van der Waals surface area contributed by atoms with Crippen molar-refractivity contribution in [1.82, 2.24) is 19.5 Å². The molecule has 0 radical (unpaired) electrons. The lowest BCUT2D eigenvalue weighted by Gasteiger charge is -2.03. The van der Waals surface area contributed by atoms with Crippen LogP contribution in [0.4, 0.5) is 5.82 Å². The van der Waals surface area contributed by atoms with Crippen molar-refractivity contribution in [3.63, 3.8) is 0 Å². The second-order valence-corrected chi connectivity index (χ2v) is 3.57. The summed E-state index contributed by atoms with van der Waals surface area (Å²) in [6.45, 7) is 0. The maximum atomic E-state index is 9.45. The van der Waals surface area contributed by atoms with E-state index in [-0.39, 0.29) is 5.75 Å². The fraction of sp³-hybridized carbons (Fsp3) is 0. The summed E-state index contributed by atoms with van der Waals surface area (Å²) in [6, 6.07) is 6.82. The van der Waals surface area contributed by atoms with Crippen LogP contribution in [0.25, 0.3) is 16.9 Å². The summed E-state index contributed by atoms with van der Waals surface area (Å²) in [5.41, 5.74) is 7.64. The number of aromatic nitrogens is 4. The van der Waals surface area contributed by atoms with Crippen LogP contribution in [0.1, 0.15) is 0 Å². The topological polar surface area (TPSA) is 89.9 Å². The summed E-state index contributed by atoms with van der Waals surface area (Å²) in [7, 11) is 0. The van der Waals surface area contributed by atoms with Gasteiger partial charge in [-0.1, -0.05) is 6.07 Å². The van der Waals surface area contributed by atoms with Gasteiger partial charge >= 0.3 is 0 Å². The van der Waals surface area contributed by atoms with Crippen LogP contribution in [0, 0.1) is 0 Å². The number of imidazole rings is 1. The maximum absolute atomic E-state index is 9.45. The van der Waals surface area contributed by atoms with Gasteiger partial charge in [0.2, 0.25) is 0 Å². The van der Waals surface area contributed by atoms with Crippen molar-refractivity contribution in [2.45, 2.75) is 0 Å². The number of phenols is 1. The third-order valence-corrected chi connectivity index (χ3v) is 2.47. The Kier molecular flexibility index (Phi) is 1.94. The average Bonchev–Trinajstić information content (AvgIpc) is 2.74. The Labute approximate surface area is 96.4 Å². The zero-order chi connectivity index (χ0) is 11.8. The molecule has 1 aromatic carbocycles. The summed E-state index contributed by atoms with van der Waals surface area (Å²) in [4.78, 5) is 12.2. The molecule has 0 fully saturated rings. The molecule has 0 atom stereocenters. The van der Waals surface area contributed by atoms with Gasteiger partial charge in [0.05, 0.1) is 5.69 Å². The molecule has 3 aromatic rings. The Balaban J connectivity index is 2.28. The molecule has 0 spiro atoms. The predicted molar refractivity (Wildman–Crippen MR) is 62.7 cm³/mol. The van der Waals surface area contributed by atoms with E-state index in [0.29, 0.717) is 17.0 Å². The molecular weight excluding hydrogens is 218 g/mol. The lowest BCUT2D eigenvalue weighted by atomic mass is 10.3. The van der Waals surface area contributed by atoms with Crippen molar-refractivity contribution in [3.8, 4) is 11.4 Å². The van der Waals surface area contributed by atoms with E-state index < -0.39 is 0 Å². The number of phenolic OH excluding ortho intramolecular Hbond substituents is 1. The minimum Gasteiger partial charge on any atom is -0.508 e. The van der Waals surface area contributed by atoms with Gasteiger partial charge in [-0.25, -0.2) is 15.0 Å². The first-order chi connectivity index (χ1) is 8.25. The Morgan fingerprint density at radius 2 is 2.06 bits per heavy atom. The van der Waals surface area contributed by atoms with Gasteiger partial charge in [-0.3, -0.25) is 4.57 Å². The predicted octanol–water partition coefficient (Wildman–Crippen LogP) is 1.10. The fourth-order valence-electron chi connectivity index (χ4n) is 1.68. The van der Waals surface area contributed by atoms with E-state index in [0.717, 1.165) is 5.69 Å². The van der Waals surface area contributed by atoms with Crippen LogP contribution in [-0.2, 0) is 0 Å². The third-order valence-electron chi connectivity index (χ3n) is 2.47. The number of aromatic hydroxyl groups is 1. The molecule has 0 unspecified atom stereocenters. The highest BCUT2D eigenvalue weighted by Crippen LogP contribution is 2.21. The molecule has 0 aliphatic heterocycles. The zero-order valence-electron chi connectivity index (χ0n) is 8.78. The van der Waals surface area contributed by atoms with Gasteiger partial charge in [0.1, 0.15) is 18.4 Å². The third kappa shape index (κ3) is 1.46. The standard InChI is InChI=1S/C11H9N5O/c12-10-9-11(14-5-13-10)16(6-15-9)7-2-1-3-8(17)4-7/h1-6,17H,(H2,12,13,14). The van der Waals surface area contributed by atoms with Crippen LogP contribution in [0.3, 0.4) is 0 Å². The quantitative estimate of drug-likeness (QED) is 0.649. The van der Waals surface area contributed by atoms with Gasteiger partial charge in [0.15, 0.2) is 17.0 Å². The highest BCUT2D eigenvalue weighted by molar-refractivity contribution is 5.82. The van der Waals surface area contributed by atoms with Crippen molar-refractivity contribution >= 4 is 17.0 Å². The van der Waals surface area contributed by atoms with Crippen molar-refractivity contribution in [3.05, 3.63) is 36.9 Å². The molecule has 6 heteroatoms. The van der Waals surface area contributed by atoms with Crippen LogP contribution in [0.15, 0.2) is 36.9 Å². The second kappa shape index (κ2) is 3.44. The summed E-state index contributed by atoms with van der Waals surface area (Å²) in [5, 5.41) is 9.45. The number of nitrogens with two attached hydrogens (primary N) is 1. The van der Waals surface area contributed by atoms with Crippen molar-refractivity contribution in [2.75, 3.05) is 5.73 Å². The number of rotatable bonds is 1. The summed E-state index contributed by atoms with van der Waals surface area (Å²) in [5.74, 6) is 0.528. The van der Waals surface area contributed by atoms with E-state index in [1.807, 2.05) is 6.07 Å². The lowest BCUT2D eigenvalue weighted by Crippen LogP contribution is -1.96. The van der Waals surface area contributed by atoms with E-state index in [1.165, 1.54) is 6.33 Å². The normalized spacial score (nSPS) is 10.8. The Bertz CT molecular complexity index is 691. The van der Waals surface area contributed by atoms with Gasteiger partial charge in [0.25, 0.3) is 0 Å². The van der Waals surface area contributed by atoms with Crippen molar-refractivity contribution < 1.29 is 5.11 Å². The number of fused-ring (bicyclic) bond motifs is 1. The molecule has 0 aliphatic rings. The van der Waals surface area contributed by atoms with E-state index in [2.05, 4.69) is 15.0 Å². The Hall–Kier alpha value is -2.63. The molecular formula is C11H9N5O. The summed E-state index contributed by atoms with van der Waals surface area (Å²) in [6.07, 6.45) is 2.99. The van der Waals surface area contributed by atoms with Gasteiger partial charge in [-0.2, -0.15) is 0 Å². The van der Waals surface area contributed by atoms with Gasteiger partial charge in [-0.05, 0) is 12.1 Å². The minimum atomic E-state index is 0.186. The first-order valence-electron chi connectivity index (χ1n) is 4.98. The lowest BCUT2D eigenvalue weighted by molar-refractivity contribution is 0.475. The zero-order valence-corrected chi connectivity index (χ0v) is 8.78. The van der Waals surface area contributed by atoms with Gasteiger partial charge < -0.3 is 10.8 Å². The number of benzene rings is 1. The van der Waals surface area contributed by atoms with Crippen LogP contribution >= 0.6 is 0 Å². The van der Waals surface area contributed by atoms with Crippen LogP contribution < -0.4 is 5.73 Å². The highest BCUT2D eigenvalue weighted by Gasteiger charge is 2.09. The van der Waals surface area contributed by atoms with Gasteiger partial charge in [-0.15, -0.1) is 0 Å². The van der Waals surface area contributed by atoms with Crippen molar-refractivity contribution in [1.29, 1.82) is 0 Å². The number of anilines is 1. The van der Waals surface area contributed by atoms with Crippen molar-refractivity contribution in [2.24, 2.45) is 0 Å². The van der Waals surface area contributed by atoms with E-state index >= 15 is 0 Å². The smallest absolute Gasteiger partial charge is 0.170 e. The summed E-state index contributed by atoms with van der Waals surface area (Å²) < 4.78 is 1.74. The summed E-state index contributed by atoms with van der Waals surface area (Å²) >= 11 is 0. The first-order valence-corrected chi connectivity index (χ1v) is 4.98. The molecule has 2 aromatic heterocycles. The van der Waals surface area contributed by atoms with E-state index in [1.54, 1.807) is 29.1 Å². The second-order valence-electron chi connectivity index (χ2n) is 3.57. The van der Waals surface area contributed by atoms with E-state index in [4.69, 9.17) is 5.73 Å². The minimum absolute atomic E-state index is 0.186. The maximum Gasteiger partial charge on any atom is 0.170 e. The van der Waals surface area contributed by atoms with E-state index in [9.17, 15) is 5.11 Å². The number of nitrogen functional groups attached to an aromatic ring is 1. The van der Waals surface area contributed by atoms with Crippen LogP contribution in [0.2, 0.25) is 0 Å². The molecule has 84 valence electrons. The molecule has 0 aliphatic carbocycles. The first kappa shape index (κ1) is 9.59. The average molecular weight is 227 g/mol. The molecule has 0 amide bonds. The Morgan fingerprint density at radius 3 is 2.88 bits per heavy atom. The molecule has 0 saturated carbocycles. The van der Waals surface area contributed by atoms with Crippen LogP contribution in [0.5, 0.6) is 5.75 Å². The molecule has 0 bridgehead atoms. The Morgan fingerprint density at radius 1 is 1.18 bits per heavy atom. The molecule has 0 saturated heterocycles. The number of nitrogens with zero attached hydrogens (tertiary/aromatic N) is 4. The highest BCUT2D eigenvalue weighted by atomic mass is 16.3. The fourth-order valence-corrected chi connectivity index (χ4v) is 1.68. The molecule has 3 N–H and O–H groups in total. The van der Waals surface area contributed by atoms with Gasteiger partial charge in [0, 0.05) is 6.07 Å².